The van der Waals surface area contributed by atoms with Crippen molar-refractivity contribution in [3.8, 4) is 0 Å². The highest BCUT2D eigenvalue weighted by atomic mass is 31.0. The normalized spacial score (nSPS) is 28.7. The second kappa shape index (κ2) is 3.55. The van der Waals surface area contributed by atoms with Crippen LogP contribution in [0.25, 0.3) is 0 Å². The average Bonchev–Trinajstić information content (AvgIpc) is 1.71. The van der Waals surface area contributed by atoms with E-state index in [4.69, 9.17) is 0 Å². The number of carbonyl (C=O) groups excluding carboxylic acids is 1. The van der Waals surface area contributed by atoms with E-state index in [9.17, 15) is 4.79 Å². The Balaban J connectivity index is 3.12. The van der Waals surface area contributed by atoms with Crippen LogP contribution in [-0.4, -0.2) is 5.52 Å². The molecule has 0 N–H and O–H groups in total. The standard InChI is InChI=1S/C13H25OP/c1-11(2)7-12(3,4)9(10(14)15)13(5,6)8-11/h9H,7-8,15H2,1-6H3. The van der Waals surface area contributed by atoms with E-state index in [-0.39, 0.29) is 22.3 Å². The average molecular weight is 228 g/mol. The first-order chi connectivity index (χ1) is 6.48. The smallest absolute Gasteiger partial charge is 0.152 e. The predicted octanol–water partition coefficient (Wildman–Crippen LogP) is 3.88. The van der Waals surface area contributed by atoms with Crippen LogP contribution >= 0.6 is 9.24 Å². The Morgan fingerprint density at radius 1 is 1.00 bits per heavy atom. The fourth-order valence-corrected chi connectivity index (χ4v) is 5.46. The Kier molecular flexibility index (Phi) is 3.12. The molecule has 1 nitrogen and oxygen atoms in total. The fraction of sp³-hybridized carbons (Fsp3) is 0.923. The molecule has 0 radical (unpaired) electrons. The van der Waals surface area contributed by atoms with E-state index in [2.05, 4.69) is 50.8 Å². The molecule has 1 atom stereocenters. The van der Waals surface area contributed by atoms with Crippen LogP contribution in [0, 0.1) is 22.2 Å². The minimum atomic E-state index is 0.115. The SMILES string of the molecule is CC1(C)CC(C)(C)C(C(=O)P)C(C)(C)C1. The summed E-state index contributed by atoms with van der Waals surface area (Å²) in [5, 5.41) is 0. The number of hydrogen-bond acceptors (Lipinski definition) is 1. The van der Waals surface area contributed by atoms with E-state index in [1.54, 1.807) is 0 Å². The van der Waals surface area contributed by atoms with E-state index in [1.807, 2.05) is 0 Å². The molecule has 0 saturated heterocycles. The molecule has 0 aromatic heterocycles. The van der Waals surface area contributed by atoms with Crippen molar-refractivity contribution in [2.45, 2.75) is 54.4 Å². The van der Waals surface area contributed by atoms with Crippen molar-refractivity contribution in [2.75, 3.05) is 0 Å². The molecule has 1 aliphatic carbocycles. The molecule has 0 heterocycles. The zero-order chi connectivity index (χ0) is 12.1. The molecule has 2 heteroatoms. The van der Waals surface area contributed by atoms with Crippen molar-refractivity contribution in [1.29, 1.82) is 0 Å². The molecule has 15 heavy (non-hydrogen) atoms. The van der Waals surface area contributed by atoms with Crippen molar-refractivity contribution in [2.24, 2.45) is 22.2 Å². The number of rotatable bonds is 1. The van der Waals surface area contributed by atoms with Gasteiger partial charge in [0.25, 0.3) is 0 Å². The van der Waals surface area contributed by atoms with Gasteiger partial charge in [-0.2, -0.15) is 0 Å². The third-order valence-electron chi connectivity index (χ3n) is 3.72. The van der Waals surface area contributed by atoms with Crippen LogP contribution in [0.3, 0.4) is 0 Å². The first-order valence-corrected chi connectivity index (χ1v) is 6.35. The summed E-state index contributed by atoms with van der Waals surface area (Å²) in [7, 11) is 2.39. The molecule has 1 rings (SSSR count). The van der Waals surface area contributed by atoms with Crippen LogP contribution in [0.2, 0.25) is 0 Å². The lowest BCUT2D eigenvalue weighted by molar-refractivity contribution is -0.131. The number of carbonyl (C=O) groups is 1. The molecule has 1 aliphatic rings. The maximum atomic E-state index is 11.8. The van der Waals surface area contributed by atoms with Gasteiger partial charge in [0.2, 0.25) is 0 Å². The monoisotopic (exact) mass is 228 g/mol. The predicted molar refractivity (Wildman–Crippen MR) is 68.8 cm³/mol. The van der Waals surface area contributed by atoms with E-state index >= 15 is 0 Å². The zero-order valence-electron chi connectivity index (χ0n) is 11.0. The van der Waals surface area contributed by atoms with Crippen molar-refractivity contribution in [3.63, 3.8) is 0 Å². The van der Waals surface area contributed by atoms with E-state index in [0.29, 0.717) is 5.41 Å². The quantitative estimate of drug-likeness (QED) is 0.622. The Morgan fingerprint density at radius 2 is 1.33 bits per heavy atom. The molecule has 0 aromatic carbocycles. The highest BCUT2D eigenvalue weighted by Gasteiger charge is 2.51. The van der Waals surface area contributed by atoms with Gasteiger partial charge >= 0.3 is 0 Å². The fourth-order valence-electron chi connectivity index (χ4n) is 4.56. The first-order valence-electron chi connectivity index (χ1n) is 5.77. The van der Waals surface area contributed by atoms with E-state index in [1.165, 1.54) is 0 Å². The maximum absolute atomic E-state index is 11.8. The summed E-state index contributed by atoms with van der Waals surface area (Å²) < 4.78 is 0. The molecule has 0 spiro atoms. The molecule has 1 fully saturated rings. The van der Waals surface area contributed by atoms with Gasteiger partial charge in [-0.15, -0.1) is 0 Å². The van der Waals surface area contributed by atoms with Gasteiger partial charge in [0.05, 0.1) is 0 Å². The summed E-state index contributed by atoms with van der Waals surface area (Å²) in [4.78, 5) is 11.8. The van der Waals surface area contributed by atoms with E-state index in [0.717, 1.165) is 12.8 Å². The summed E-state index contributed by atoms with van der Waals surface area (Å²) in [5.41, 5.74) is 0.859. The van der Waals surface area contributed by atoms with Gasteiger partial charge < -0.3 is 0 Å². The van der Waals surface area contributed by atoms with Gasteiger partial charge in [-0.3, -0.25) is 4.79 Å². The lowest BCUT2D eigenvalue weighted by Gasteiger charge is -2.54. The summed E-state index contributed by atoms with van der Waals surface area (Å²) in [6, 6.07) is 0. The van der Waals surface area contributed by atoms with Gasteiger partial charge in [-0.05, 0) is 29.1 Å². The summed E-state index contributed by atoms with van der Waals surface area (Å²) >= 11 is 0. The lowest BCUT2D eigenvalue weighted by Crippen LogP contribution is -2.49. The second-order valence-corrected chi connectivity index (χ2v) is 7.90. The summed E-state index contributed by atoms with van der Waals surface area (Å²) in [6.45, 7) is 13.6. The van der Waals surface area contributed by atoms with Crippen molar-refractivity contribution in [1.82, 2.24) is 0 Å². The van der Waals surface area contributed by atoms with Gasteiger partial charge in [-0.1, -0.05) is 50.8 Å². The van der Waals surface area contributed by atoms with Crippen LogP contribution in [-0.2, 0) is 4.79 Å². The third-order valence-corrected chi connectivity index (χ3v) is 4.05. The third kappa shape index (κ3) is 2.61. The van der Waals surface area contributed by atoms with E-state index < -0.39 is 0 Å². The minimum Gasteiger partial charge on any atom is -0.295 e. The Morgan fingerprint density at radius 3 is 1.60 bits per heavy atom. The molecule has 0 amide bonds. The van der Waals surface area contributed by atoms with Crippen molar-refractivity contribution in [3.05, 3.63) is 0 Å². The molecule has 1 saturated carbocycles. The molecule has 0 aromatic rings. The Bertz CT molecular complexity index is 256. The molecule has 88 valence electrons. The summed E-state index contributed by atoms with van der Waals surface area (Å²) in [5.74, 6) is 0.169. The Hall–Kier alpha value is 0.100. The highest BCUT2D eigenvalue weighted by molar-refractivity contribution is 7.40. The van der Waals surface area contributed by atoms with Gasteiger partial charge in [-0.25, -0.2) is 0 Å². The van der Waals surface area contributed by atoms with Crippen molar-refractivity contribution >= 4 is 14.8 Å². The molecule has 1 unspecified atom stereocenters. The van der Waals surface area contributed by atoms with Crippen LogP contribution in [0.4, 0.5) is 0 Å². The largest absolute Gasteiger partial charge is 0.295 e. The first kappa shape index (κ1) is 13.2. The number of hydrogen-bond donors (Lipinski definition) is 0. The van der Waals surface area contributed by atoms with Gasteiger partial charge in [0.15, 0.2) is 5.52 Å². The zero-order valence-corrected chi connectivity index (χ0v) is 12.1. The second-order valence-electron chi connectivity index (χ2n) is 7.33. The van der Waals surface area contributed by atoms with Gasteiger partial charge in [0.1, 0.15) is 0 Å². The molecule has 0 aliphatic heterocycles. The Labute approximate surface area is 96.6 Å². The topological polar surface area (TPSA) is 17.1 Å². The molecule has 0 bridgehead atoms. The molecular weight excluding hydrogens is 203 g/mol. The highest BCUT2D eigenvalue weighted by Crippen LogP contribution is 2.58. The van der Waals surface area contributed by atoms with Crippen LogP contribution in [0.1, 0.15) is 54.4 Å². The summed E-state index contributed by atoms with van der Waals surface area (Å²) in [6.07, 6.45) is 2.27. The lowest BCUT2D eigenvalue weighted by atomic mass is 9.51. The molecular formula is C13H25OP. The van der Waals surface area contributed by atoms with Gasteiger partial charge in [0, 0.05) is 5.92 Å². The van der Waals surface area contributed by atoms with Crippen molar-refractivity contribution < 1.29 is 4.79 Å². The minimum absolute atomic E-state index is 0.115. The maximum Gasteiger partial charge on any atom is 0.152 e. The van der Waals surface area contributed by atoms with Crippen LogP contribution < -0.4 is 0 Å². The van der Waals surface area contributed by atoms with Crippen LogP contribution in [0.15, 0.2) is 0 Å². The van der Waals surface area contributed by atoms with Crippen LogP contribution in [0.5, 0.6) is 0 Å².